The van der Waals surface area contributed by atoms with Crippen LogP contribution in [0.5, 0.6) is 0 Å². The van der Waals surface area contributed by atoms with Crippen LogP contribution in [0, 0.1) is 6.92 Å². The quantitative estimate of drug-likeness (QED) is 0.703. The lowest BCUT2D eigenvalue weighted by Gasteiger charge is -2.06. The SMILES string of the molecule is Cc1nnc2c(NCc3cnn(C)c3N)nccn12. The summed E-state index contributed by atoms with van der Waals surface area (Å²) in [5.74, 6) is 2.13. The molecule has 0 aliphatic rings. The molecule has 0 aliphatic carbocycles. The maximum atomic E-state index is 5.89. The molecule has 3 rings (SSSR count). The zero-order chi connectivity index (χ0) is 13.4. The normalized spacial score (nSPS) is 11.1. The largest absolute Gasteiger partial charge is 0.384 e. The summed E-state index contributed by atoms with van der Waals surface area (Å²) in [5, 5.41) is 15.4. The highest BCUT2D eigenvalue weighted by atomic mass is 15.3. The van der Waals surface area contributed by atoms with Crippen molar-refractivity contribution >= 4 is 17.3 Å². The Morgan fingerprint density at radius 2 is 2.21 bits per heavy atom. The molecule has 0 unspecified atom stereocenters. The highest BCUT2D eigenvalue weighted by Gasteiger charge is 2.09. The first-order chi connectivity index (χ1) is 9.16. The maximum Gasteiger partial charge on any atom is 0.203 e. The maximum absolute atomic E-state index is 5.89. The zero-order valence-corrected chi connectivity index (χ0v) is 10.7. The highest BCUT2D eigenvalue weighted by molar-refractivity contribution is 5.62. The molecule has 0 spiro atoms. The van der Waals surface area contributed by atoms with Gasteiger partial charge in [0, 0.05) is 31.5 Å². The van der Waals surface area contributed by atoms with Crippen LogP contribution in [0.4, 0.5) is 11.6 Å². The van der Waals surface area contributed by atoms with E-state index in [0.29, 0.717) is 23.8 Å². The van der Waals surface area contributed by atoms with E-state index in [1.165, 1.54) is 0 Å². The Labute approximate surface area is 109 Å². The molecule has 3 heterocycles. The standard InChI is InChI=1S/C11H14N8/c1-7-16-17-11-10(13-3-4-19(7)11)14-5-8-6-15-18(2)9(8)12/h3-4,6H,5,12H2,1-2H3,(H,13,14). The van der Waals surface area contributed by atoms with Crippen molar-refractivity contribution in [3.63, 3.8) is 0 Å². The summed E-state index contributed by atoms with van der Waals surface area (Å²) in [6.45, 7) is 2.43. The molecule has 3 aromatic heterocycles. The van der Waals surface area contributed by atoms with Crippen molar-refractivity contribution in [2.45, 2.75) is 13.5 Å². The fourth-order valence-electron chi connectivity index (χ4n) is 1.87. The van der Waals surface area contributed by atoms with Gasteiger partial charge in [0.1, 0.15) is 11.6 Å². The molecule has 0 aromatic carbocycles. The minimum atomic E-state index is 0.540. The topological polar surface area (TPSA) is 99.0 Å². The number of aromatic nitrogens is 6. The molecule has 0 saturated heterocycles. The van der Waals surface area contributed by atoms with Gasteiger partial charge in [0.2, 0.25) is 5.65 Å². The van der Waals surface area contributed by atoms with Crippen molar-refractivity contribution in [3.8, 4) is 0 Å². The van der Waals surface area contributed by atoms with Gasteiger partial charge in [-0.2, -0.15) is 5.10 Å². The Kier molecular flexibility index (Phi) is 2.55. The van der Waals surface area contributed by atoms with E-state index >= 15 is 0 Å². The van der Waals surface area contributed by atoms with E-state index in [0.717, 1.165) is 11.4 Å². The number of nitrogen functional groups attached to an aromatic ring is 1. The minimum absolute atomic E-state index is 0.540. The van der Waals surface area contributed by atoms with Gasteiger partial charge in [-0.25, -0.2) is 4.98 Å². The third kappa shape index (κ3) is 1.86. The van der Waals surface area contributed by atoms with Crippen molar-refractivity contribution in [1.29, 1.82) is 0 Å². The van der Waals surface area contributed by atoms with E-state index in [-0.39, 0.29) is 0 Å². The summed E-state index contributed by atoms with van der Waals surface area (Å²) in [6.07, 6.45) is 5.27. The van der Waals surface area contributed by atoms with E-state index in [1.807, 2.05) is 17.5 Å². The van der Waals surface area contributed by atoms with Crippen LogP contribution < -0.4 is 11.1 Å². The second-order valence-electron chi connectivity index (χ2n) is 4.25. The number of hydrogen-bond donors (Lipinski definition) is 2. The van der Waals surface area contributed by atoms with Crippen LogP contribution in [-0.4, -0.2) is 29.4 Å². The Balaban J connectivity index is 1.88. The third-order valence-electron chi connectivity index (χ3n) is 3.01. The second-order valence-corrected chi connectivity index (χ2v) is 4.25. The van der Waals surface area contributed by atoms with Gasteiger partial charge in [0.05, 0.1) is 6.20 Å². The Bertz CT molecular complexity index is 725. The summed E-state index contributed by atoms with van der Waals surface area (Å²) in [4.78, 5) is 4.27. The predicted octanol–water partition coefficient (Wildman–Crippen LogP) is 0.361. The number of rotatable bonds is 3. The van der Waals surface area contributed by atoms with Crippen LogP contribution in [0.1, 0.15) is 11.4 Å². The summed E-state index contributed by atoms with van der Waals surface area (Å²) >= 11 is 0. The first kappa shape index (κ1) is 11.5. The summed E-state index contributed by atoms with van der Waals surface area (Å²) in [6, 6.07) is 0. The first-order valence-electron chi connectivity index (χ1n) is 5.83. The third-order valence-corrected chi connectivity index (χ3v) is 3.01. The summed E-state index contributed by atoms with van der Waals surface area (Å²) in [7, 11) is 1.81. The number of nitrogens with zero attached hydrogens (tertiary/aromatic N) is 6. The van der Waals surface area contributed by atoms with Crippen molar-refractivity contribution in [2.75, 3.05) is 11.1 Å². The number of aryl methyl sites for hydroxylation is 2. The lowest BCUT2D eigenvalue weighted by molar-refractivity contribution is 0.778. The van der Waals surface area contributed by atoms with Gasteiger partial charge in [-0.3, -0.25) is 9.08 Å². The van der Waals surface area contributed by atoms with Crippen molar-refractivity contribution < 1.29 is 0 Å². The Morgan fingerprint density at radius 1 is 1.37 bits per heavy atom. The number of nitrogens with two attached hydrogens (primary N) is 1. The molecule has 0 aliphatic heterocycles. The Morgan fingerprint density at radius 3 is 2.95 bits per heavy atom. The number of nitrogens with one attached hydrogen (secondary N) is 1. The van der Waals surface area contributed by atoms with Gasteiger partial charge in [0.15, 0.2) is 5.82 Å². The average Bonchev–Trinajstić information content (AvgIpc) is 2.94. The van der Waals surface area contributed by atoms with Crippen molar-refractivity contribution in [1.82, 2.24) is 29.4 Å². The van der Waals surface area contributed by atoms with Gasteiger partial charge in [-0.15, -0.1) is 10.2 Å². The second kappa shape index (κ2) is 4.23. The molecule has 3 aromatic rings. The van der Waals surface area contributed by atoms with E-state index in [9.17, 15) is 0 Å². The molecule has 8 nitrogen and oxygen atoms in total. The number of fused-ring (bicyclic) bond motifs is 1. The predicted molar refractivity (Wildman–Crippen MR) is 70.5 cm³/mol. The zero-order valence-electron chi connectivity index (χ0n) is 10.7. The van der Waals surface area contributed by atoms with E-state index in [2.05, 4.69) is 25.6 Å². The average molecular weight is 258 g/mol. The monoisotopic (exact) mass is 258 g/mol. The van der Waals surface area contributed by atoms with Crippen molar-refractivity contribution in [3.05, 3.63) is 30.0 Å². The molecule has 0 saturated carbocycles. The number of hydrogen-bond acceptors (Lipinski definition) is 6. The fourth-order valence-corrected chi connectivity index (χ4v) is 1.87. The lowest BCUT2D eigenvalue weighted by atomic mass is 10.3. The van der Waals surface area contributed by atoms with Crippen LogP contribution in [0.3, 0.4) is 0 Å². The molecule has 19 heavy (non-hydrogen) atoms. The highest BCUT2D eigenvalue weighted by Crippen LogP contribution is 2.15. The van der Waals surface area contributed by atoms with Crippen LogP contribution in [-0.2, 0) is 13.6 Å². The molecule has 8 heteroatoms. The van der Waals surface area contributed by atoms with E-state index in [4.69, 9.17) is 5.73 Å². The molecular weight excluding hydrogens is 244 g/mol. The van der Waals surface area contributed by atoms with Gasteiger partial charge >= 0.3 is 0 Å². The van der Waals surface area contributed by atoms with Gasteiger partial charge < -0.3 is 11.1 Å². The molecule has 0 amide bonds. The summed E-state index contributed by atoms with van der Waals surface area (Å²) < 4.78 is 3.51. The molecule has 0 radical (unpaired) electrons. The van der Waals surface area contributed by atoms with E-state index < -0.39 is 0 Å². The smallest absolute Gasteiger partial charge is 0.203 e. The van der Waals surface area contributed by atoms with Gasteiger partial charge in [-0.05, 0) is 6.92 Å². The molecule has 0 fully saturated rings. The molecular formula is C11H14N8. The van der Waals surface area contributed by atoms with Crippen LogP contribution >= 0.6 is 0 Å². The van der Waals surface area contributed by atoms with Gasteiger partial charge in [0.25, 0.3) is 0 Å². The van der Waals surface area contributed by atoms with Crippen LogP contribution in [0.25, 0.3) is 5.65 Å². The van der Waals surface area contributed by atoms with Crippen molar-refractivity contribution in [2.24, 2.45) is 7.05 Å². The van der Waals surface area contributed by atoms with Crippen LogP contribution in [0.2, 0.25) is 0 Å². The lowest BCUT2D eigenvalue weighted by Crippen LogP contribution is -2.06. The molecule has 0 bridgehead atoms. The number of anilines is 2. The van der Waals surface area contributed by atoms with Gasteiger partial charge in [-0.1, -0.05) is 0 Å². The fraction of sp³-hybridized carbons (Fsp3) is 0.273. The first-order valence-corrected chi connectivity index (χ1v) is 5.83. The Hall–Kier alpha value is -2.64. The van der Waals surface area contributed by atoms with E-state index in [1.54, 1.807) is 24.1 Å². The minimum Gasteiger partial charge on any atom is -0.384 e. The molecule has 0 atom stereocenters. The molecule has 98 valence electrons. The van der Waals surface area contributed by atoms with Crippen LogP contribution in [0.15, 0.2) is 18.6 Å². The summed E-state index contributed by atoms with van der Waals surface area (Å²) in [5.41, 5.74) is 7.51. The molecule has 3 N–H and O–H groups in total.